The van der Waals surface area contributed by atoms with E-state index in [1.807, 2.05) is 24.5 Å². The molecule has 136 valence electrons. The molecule has 1 aliphatic heterocycles. The van der Waals surface area contributed by atoms with Crippen molar-refractivity contribution < 1.29 is 19.1 Å². The molecule has 1 fully saturated rings. The molecule has 0 atom stereocenters. The van der Waals surface area contributed by atoms with E-state index < -0.39 is 11.8 Å². The number of nitrogens with zero attached hydrogens (tertiary/aromatic N) is 1. The molecule has 1 aromatic carbocycles. The van der Waals surface area contributed by atoms with Gasteiger partial charge in [-0.15, -0.1) is 11.8 Å². The fourth-order valence-corrected chi connectivity index (χ4v) is 3.02. The molecule has 2 rings (SSSR count). The fraction of sp³-hybridized carbons (Fsp3) is 0.471. The van der Waals surface area contributed by atoms with Crippen LogP contribution in [-0.4, -0.2) is 54.8 Å². The number of likely N-dealkylation sites (tertiary alicyclic amines) is 1. The van der Waals surface area contributed by atoms with Gasteiger partial charge in [-0.3, -0.25) is 9.59 Å². The summed E-state index contributed by atoms with van der Waals surface area (Å²) in [6.07, 6.45) is 2.80. The van der Waals surface area contributed by atoms with Crippen LogP contribution >= 0.6 is 11.8 Å². The zero-order valence-electron chi connectivity index (χ0n) is 14.4. The van der Waals surface area contributed by atoms with E-state index in [4.69, 9.17) is 4.74 Å². The van der Waals surface area contributed by atoms with Crippen LogP contribution in [0.2, 0.25) is 0 Å². The van der Waals surface area contributed by atoms with Gasteiger partial charge in [0.05, 0.1) is 6.61 Å². The number of benzene rings is 1. The SMILES string of the molecule is CCOC(=O)N1CCC(NC(=O)C(=O)Nc2cccc(SC)c2)CC1. The van der Waals surface area contributed by atoms with Crippen molar-refractivity contribution in [3.8, 4) is 0 Å². The smallest absolute Gasteiger partial charge is 0.409 e. The lowest BCUT2D eigenvalue weighted by atomic mass is 10.1. The molecule has 2 N–H and O–H groups in total. The van der Waals surface area contributed by atoms with Crippen molar-refractivity contribution in [2.24, 2.45) is 0 Å². The largest absolute Gasteiger partial charge is 0.450 e. The maximum absolute atomic E-state index is 12.1. The Morgan fingerprint density at radius 3 is 2.60 bits per heavy atom. The van der Waals surface area contributed by atoms with E-state index in [1.165, 1.54) is 0 Å². The summed E-state index contributed by atoms with van der Waals surface area (Å²) in [6.45, 7) is 3.11. The van der Waals surface area contributed by atoms with Crippen LogP contribution < -0.4 is 10.6 Å². The van der Waals surface area contributed by atoms with E-state index in [2.05, 4.69) is 10.6 Å². The molecule has 3 amide bonds. The Labute approximate surface area is 151 Å². The lowest BCUT2D eigenvalue weighted by Gasteiger charge is -2.31. The molecule has 1 aliphatic rings. The predicted molar refractivity (Wildman–Crippen MR) is 96.6 cm³/mol. The molecule has 8 heteroatoms. The van der Waals surface area contributed by atoms with E-state index in [0.717, 1.165) is 4.90 Å². The van der Waals surface area contributed by atoms with Gasteiger partial charge in [-0.2, -0.15) is 0 Å². The van der Waals surface area contributed by atoms with E-state index in [0.29, 0.717) is 38.2 Å². The maximum Gasteiger partial charge on any atom is 0.409 e. The normalized spacial score (nSPS) is 14.7. The number of carbonyl (C=O) groups is 3. The molecule has 0 aromatic heterocycles. The van der Waals surface area contributed by atoms with Crippen LogP contribution in [-0.2, 0) is 14.3 Å². The van der Waals surface area contributed by atoms with Crippen molar-refractivity contribution in [3.05, 3.63) is 24.3 Å². The van der Waals surface area contributed by atoms with Gasteiger partial charge in [0.15, 0.2) is 0 Å². The lowest BCUT2D eigenvalue weighted by Crippen LogP contribution is -2.49. The molecule has 1 aromatic rings. The Morgan fingerprint density at radius 1 is 1.24 bits per heavy atom. The fourth-order valence-electron chi connectivity index (χ4n) is 2.56. The highest BCUT2D eigenvalue weighted by atomic mass is 32.2. The second kappa shape index (κ2) is 9.31. The Kier molecular flexibility index (Phi) is 7.12. The molecule has 7 nitrogen and oxygen atoms in total. The van der Waals surface area contributed by atoms with E-state index in [-0.39, 0.29) is 12.1 Å². The molecule has 1 saturated heterocycles. The lowest BCUT2D eigenvalue weighted by molar-refractivity contribution is -0.136. The van der Waals surface area contributed by atoms with Crippen molar-refractivity contribution in [2.75, 3.05) is 31.3 Å². The van der Waals surface area contributed by atoms with Crippen LogP contribution in [0.4, 0.5) is 10.5 Å². The van der Waals surface area contributed by atoms with Gasteiger partial charge in [-0.05, 0) is 44.2 Å². The van der Waals surface area contributed by atoms with Crippen LogP contribution in [0.3, 0.4) is 0 Å². The van der Waals surface area contributed by atoms with Crippen molar-refractivity contribution >= 4 is 35.4 Å². The van der Waals surface area contributed by atoms with Crippen LogP contribution in [0.1, 0.15) is 19.8 Å². The average molecular weight is 365 g/mol. The Balaban J connectivity index is 1.80. The number of amides is 3. The molecular weight excluding hydrogens is 342 g/mol. The Hall–Kier alpha value is -2.22. The topological polar surface area (TPSA) is 87.7 Å². The molecule has 25 heavy (non-hydrogen) atoms. The van der Waals surface area contributed by atoms with Crippen molar-refractivity contribution in [3.63, 3.8) is 0 Å². The number of ether oxygens (including phenoxy) is 1. The van der Waals surface area contributed by atoms with Gasteiger partial charge < -0.3 is 20.3 Å². The van der Waals surface area contributed by atoms with Gasteiger partial charge >= 0.3 is 17.9 Å². The third-order valence-electron chi connectivity index (χ3n) is 3.89. The Bertz CT molecular complexity index is 630. The number of rotatable bonds is 4. The first kappa shape index (κ1) is 19.1. The summed E-state index contributed by atoms with van der Waals surface area (Å²) in [7, 11) is 0. The third kappa shape index (κ3) is 5.67. The molecule has 1 heterocycles. The average Bonchev–Trinajstić information content (AvgIpc) is 2.62. The molecule has 0 spiro atoms. The van der Waals surface area contributed by atoms with Crippen LogP contribution in [0, 0.1) is 0 Å². The number of hydrogen-bond donors (Lipinski definition) is 2. The molecule has 0 unspecified atom stereocenters. The summed E-state index contributed by atoms with van der Waals surface area (Å²) in [5.41, 5.74) is 0.587. The Morgan fingerprint density at radius 2 is 1.96 bits per heavy atom. The van der Waals surface area contributed by atoms with Gasteiger partial charge in [-0.1, -0.05) is 6.07 Å². The maximum atomic E-state index is 12.1. The summed E-state index contributed by atoms with van der Waals surface area (Å²) in [4.78, 5) is 38.3. The van der Waals surface area contributed by atoms with Crippen molar-refractivity contribution in [1.82, 2.24) is 10.2 Å². The number of thioether (sulfide) groups is 1. The number of nitrogens with one attached hydrogen (secondary N) is 2. The highest BCUT2D eigenvalue weighted by molar-refractivity contribution is 7.98. The minimum atomic E-state index is -0.689. The zero-order chi connectivity index (χ0) is 18.2. The van der Waals surface area contributed by atoms with Gasteiger partial charge in [0, 0.05) is 29.7 Å². The number of hydrogen-bond acceptors (Lipinski definition) is 5. The first-order chi connectivity index (χ1) is 12.0. The van der Waals surface area contributed by atoms with E-state index >= 15 is 0 Å². The zero-order valence-corrected chi connectivity index (χ0v) is 15.2. The third-order valence-corrected chi connectivity index (χ3v) is 4.62. The van der Waals surface area contributed by atoms with E-state index in [1.54, 1.807) is 29.7 Å². The first-order valence-corrected chi connectivity index (χ1v) is 9.43. The number of carbonyl (C=O) groups excluding carboxylic acids is 3. The van der Waals surface area contributed by atoms with Crippen LogP contribution in [0.5, 0.6) is 0 Å². The molecule has 0 bridgehead atoms. The summed E-state index contributed by atoms with van der Waals surface area (Å²) < 4.78 is 4.95. The molecule has 0 aliphatic carbocycles. The summed E-state index contributed by atoms with van der Waals surface area (Å²) in [5.74, 6) is -1.35. The highest BCUT2D eigenvalue weighted by Gasteiger charge is 2.26. The predicted octanol–water partition coefficient (Wildman–Crippen LogP) is 2.08. The van der Waals surface area contributed by atoms with Crippen molar-refractivity contribution in [2.45, 2.75) is 30.7 Å². The van der Waals surface area contributed by atoms with E-state index in [9.17, 15) is 14.4 Å². The monoisotopic (exact) mass is 365 g/mol. The highest BCUT2D eigenvalue weighted by Crippen LogP contribution is 2.19. The second-order valence-electron chi connectivity index (χ2n) is 5.62. The van der Waals surface area contributed by atoms with Gasteiger partial charge in [0.25, 0.3) is 0 Å². The van der Waals surface area contributed by atoms with Crippen LogP contribution in [0.25, 0.3) is 0 Å². The van der Waals surface area contributed by atoms with Crippen LogP contribution in [0.15, 0.2) is 29.2 Å². The number of anilines is 1. The first-order valence-electron chi connectivity index (χ1n) is 8.21. The summed E-state index contributed by atoms with van der Waals surface area (Å²) in [5, 5.41) is 5.32. The van der Waals surface area contributed by atoms with Crippen molar-refractivity contribution in [1.29, 1.82) is 0 Å². The summed E-state index contributed by atoms with van der Waals surface area (Å²) in [6, 6.07) is 7.18. The van der Waals surface area contributed by atoms with Gasteiger partial charge in [0.1, 0.15) is 0 Å². The molecule has 0 saturated carbocycles. The number of piperidine rings is 1. The minimum Gasteiger partial charge on any atom is -0.450 e. The standard InChI is InChI=1S/C17H23N3O4S/c1-3-24-17(23)20-9-7-12(8-10-20)18-15(21)16(22)19-13-5-4-6-14(11-13)25-2/h4-6,11-12H,3,7-10H2,1-2H3,(H,18,21)(H,19,22). The molecular formula is C17H23N3O4S. The molecule has 0 radical (unpaired) electrons. The quantitative estimate of drug-likeness (QED) is 0.630. The van der Waals surface area contributed by atoms with Gasteiger partial charge in [-0.25, -0.2) is 4.79 Å². The minimum absolute atomic E-state index is 0.124. The summed E-state index contributed by atoms with van der Waals surface area (Å²) >= 11 is 1.56. The second-order valence-corrected chi connectivity index (χ2v) is 6.50. The van der Waals surface area contributed by atoms with Gasteiger partial charge in [0.2, 0.25) is 0 Å².